The van der Waals surface area contributed by atoms with E-state index in [1.54, 1.807) is 19.2 Å². The third-order valence-corrected chi connectivity index (χ3v) is 5.51. The lowest BCUT2D eigenvalue weighted by atomic mass is 10.3. The molecule has 2 N–H and O–H groups in total. The second-order valence-electron chi connectivity index (χ2n) is 6.06. The van der Waals surface area contributed by atoms with Crippen LogP contribution in [0.15, 0.2) is 18.3 Å². The van der Waals surface area contributed by atoms with Crippen LogP contribution in [-0.2, 0) is 10.0 Å². The number of anilines is 2. The summed E-state index contributed by atoms with van der Waals surface area (Å²) in [6, 6.07) is 3.32. The molecular formula is C16H27N5O3S. The SMILES string of the molecule is CCN(CCCNC(=O)Nc1cccnc1N1CCCC1)S(C)(=O)=O. The molecule has 1 aromatic rings. The maximum absolute atomic E-state index is 12.1. The van der Waals surface area contributed by atoms with Crippen LogP contribution in [0.4, 0.5) is 16.3 Å². The average molecular weight is 369 g/mol. The number of amides is 2. The Morgan fingerprint density at radius 1 is 1.36 bits per heavy atom. The molecule has 9 heteroatoms. The predicted molar refractivity (Wildman–Crippen MR) is 99.4 cm³/mol. The first kappa shape index (κ1) is 19.5. The molecule has 8 nitrogen and oxygen atoms in total. The van der Waals surface area contributed by atoms with Crippen LogP contribution >= 0.6 is 0 Å². The second-order valence-corrected chi connectivity index (χ2v) is 8.04. The van der Waals surface area contributed by atoms with Crippen LogP contribution in [0.1, 0.15) is 26.2 Å². The molecule has 0 spiro atoms. The summed E-state index contributed by atoms with van der Waals surface area (Å²) in [5.74, 6) is 0.796. The highest BCUT2D eigenvalue weighted by Gasteiger charge is 2.18. The van der Waals surface area contributed by atoms with Crippen molar-refractivity contribution < 1.29 is 13.2 Å². The van der Waals surface area contributed by atoms with Gasteiger partial charge in [0, 0.05) is 38.9 Å². The number of carbonyl (C=O) groups excluding carboxylic acids is 1. The molecule has 2 heterocycles. The quantitative estimate of drug-likeness (QED) is 0.677. The molecule has 140 valence electrons. The summed E-state index contributed by atoms with van der Waals surface area (Å²) in [6.07, 6.45) is 5.74. The van der Waals surface area contributed by atoms with Crippen molar-refractivity contribution in [3.8, 4) is 0 Å². The van der Waals surface area contributed by atoms with Crippen molar-refractivity contribution in [1.82, 2.24) is 14.6 Å². The summed E-state index contributed by atoms with van der Waals surface area (Å²) in [6.45, 7) is 4.92. The van der Waals surface area contributed by atoms with Gasteiger partial charge in [-0.15, -0.1) is 0 Å². The van der Waals surface area contributed by atoms with Crippen molar-refractivity contribution in [2.45, 2.75) is 26.2 Å². The highest BCUT2D eigenvalue weighted by atomic mass is 32.2. The van der Waals surface area contributed by atoms with Crippen LogP contribution in [-0.4, -0.2) is 62.7 Å². The van der Waals surface area contributed by atoms with Gasteiger partial charge in [-0.3, -0.25) is 0 Å². The van der Waals surface area contributed by atoms with Gasteiger partial charge in [0.1, 0.15) is 0 Å². The van der Waals surface area contributed by atoms with E-state index < -0.39 is 10.0 Å². The summed E-state index contributed by atoms with van der Waals surface area (Å²) in [5, 5.41) is 5.60. The van der Waals surface area contributed by atoms with Crippen molar-refractivity contribution >= 4 is 27.6 Å². The molecule has 0 radical (unpaired) electrons. The van der Waals surface area contributed by atoms with Gasteiger partial charge in [-0.1, -0.05) is 6.92 Å². The highest BCUT2D eigenvalue weighted by Crippen LogP contribution is 2.25. The molecule has 2 rings (SSSR count). The Balaban J connectivity index is 1.81. The van der Waals surface area contributed by atoms with Gasteiger partial charge in [-0.05, 0) is 31.4 Å². The molecule has 0 saturated carbocycles. The van der Waals surface area contributed by atoms with E-state index in [1.165, 1.54) is 10.6 Å². The minimum Gasteiger partial charge on any atom is -0.355 e. The van der Waals surface area contributed by atoms with Gasteiger partial charge in [0.25, 0.3) is 0 Å². The van der Waals surface area contributed by atoms with Crippen molar-refractivity contribution in [1.29, 1.82) is 0 Å². The lowest BCUT2D eigenvalue weighted by Gasteiger charge is -2.20. The van der Waals surface area contributed by atoms with Gasteiger partial charge in [-0.25, -0.2) is 22.5 Å². The molecule has 0 aliphatic carbocycles. The molecule has 1 saturated heterocycles. The Hall–Kier alpha value is -1.87. The number of rotatable bonds is 8. The summed E-state index contributed by atoms with van der Waals surface area (Å²) < 4.78 is 24.4. The molecule has 1 aliphatic rings. The first-order valence-corrected chi connectivity index (χ1v) is 10.5. The second kappa shape index (κ2) is 9.00. The number of aromatic nitrogens is 1. The van der Waals surface area contributed by atoms with Crippen LogP contribution < -0.4 is 15.5 Å². The molecule has 0 unspecified atom stereocenters. The Morgan fingerprint density at radius 2 is 2.08 bits per heavy atom. The van der Waals surface area contributed by atoms with Crippen LogP contribution in [0.3, 0.4) is 0 Å². The predicted octanol–water partition coefficient (Wildman–Crippen LogP) is 1.47. The van der Waals surface area contributed by atoms with E-state index in [9.17, 15) is 13.2 Å². The van der Waals surface area contributed by atoms with E-state index in [-0.39, 0.29) is 6.03 Å². The molecule has 0 bridgehead atoms. The van der Waals surface area contributed by atoms with E-state index in [0.717, 1.165) is 31.7 Å². The van der Waals surface area contributed by atoms with Crippen LogP contribution in [0, 0.1) is 0 Å². The average Bonchev–Trinajstić information content (AvgIpc) is 3.08. The number of sulfonamides is 1. The van der Waals surface area contributed by atoms with Gasteiger partial charge >= 0.3 is 6.03 Å². The van der Waals surface area contributed by atoms with Gasteiger partial charge in [0.15, 0.2) is 5.82 Å². The van der Waals surface area contributed by atoms with Crippen molar-refractivity contribution in [3.05, 3.63) is 18.3 Å². The fourth-order valence-corrected chi connectivity index (χ4v) is 3.79. The van der Waals surface area contributed by atoms with E-state index in [0.29, 0.717) is 31.7 Å². The molecular weight excluding hydrogens is 342 g/mol. The first-order valence-electron chi connectivity index (χ1n) is 8.61. The maximum Gasteiger partial charge on any atom is 0.319 e. The molecule has 1 fully saturated rings. The number of hydrogen-bond acceptors (Lipinski definition) is 5. The molecule has 1 aromatic heterocycles. The number of nitrogens with one attached hydrogen (secondary N) is 2. The Labute approximate surface area is 149 Å². The summed E-state index contributed by atoms with van der Waals surface area (Å²) in [7, 11) is -3.19. The summed E-state index contributed by atoms with van der Waals surface area (Å²) in [4.78, 5) is 18.6. The standard InChI is InChI=1S/C16H27N5O3S/c1-3-21(25(2,23)24)13-7-10-18-16(22)19-14-8-6-9-17-15(14)20-11-4-5-12-20/h6,8-9H,3-5,7,10-13H2,1-2H3,(H2,18,19,22). The minimum absolute atomic E-state index is 0.309. The fraction of sp³-hybridized carbons (Fsp3) is 0.625. The van der Waals surface area contributed by atoms with Gasteiger partial charge in [0.2, 0.25) is 10.0 Å². The molecule has 2 amide bonds. The number of urea groups is 1. The zero-order valence-corrected chi connectivity index (χ0v) is 15.7. The molecule has 0 atom stereocenters. The van der Waals surface area contributed by atoms with Gasteiger partial charge < -0.3 is 15.5 Å². The van der Waals surface area contributed by atoms with E-state index >= 15 is 0 Å². The van der Waals surface area contributed by atoms with Crippen molar-refractivity contribution in [3.63, 3.8) is 0 Å². The van der Waals surface area contributed by atoms with Gasteiger partial charge in [0.05, 0.1) is 11.9 Å². The lowest BCUT2D eigenvalue weighted by Crippen LogP contribution is -2.35. The smallest absolute Gasteiger partial charge is 0.319 e. The van der Waals surface area contributed by atoms with Crippen LogP contribution in [0.5, 0.6) is 0 Å². The molecule has 0 aromatic carbocycles. The molecule has 1 aliphatic heterocycles. The zero-order chi connectivity index (χ0) is 18.3. The van der Waals surface area contributed by atoms with Crippen LogP contribution in [0.2, 0.25) is 0 Å². The summed E-state index contributed by atoms with van der Waals surface area (Å²) >= 11 is 0. The normalized spacial score (nSPS) is 14.8. The summed E-state index contributed by atoms with van der Waals surface area (Å²) in [5.41, 5.74) is 0.688. The fourth-order valence-electron chi connectivity index (χ4n) is 2.86. The topological polar surface area (TPSA) is 94.6 Å². The van der Waals surface area contributed by atoms with E-state index in [4.69, 9.17) is 0 Å². The Bertz CT molecular complexity index is 674. The van der Waals surface area contributed by atoms with Crippen molar-refractivity contribution in [2.24, 2.45) is 0 Å². The number of hydrogen-bond donors (Lipinski definition) is 2. The van der Waals surface area contributed by atoms with Gasteiger partial charge in [-0.2, -0.15) is 0 Å². The number of carbonyl (C=O) groups is 1. The van der Waals surface area contributed by atoms with E-state index in [2.05, 4.69) is 20.5 Å². The number of pyridine rings is 1. The lowest BCUT2D eigenvalue weighted by molar-refractivity contribution is 0.251. The van der Waals surface area contributed by atoms with Crippen molar-refractivity contribution in [2.75, 3.05) is 49.2 Å². The zero-order valence-electron chi connectivity index (χ0n) is 14.9. The third kappa shape index (κ3) is 5.86. The van der Waals surface area contributed by atoms with E-state index in [1.807, 2.05) is 6.07 Å². The monoisotopic (exact) mass is 369 g/mol. The highest BCUT2D eigenvalue weighted by molar-refractivity contribution is 7.88. The Kier molecular flexibility index (Phi) is 7.01. The first-order chi connectivity index (χ1) is 11.9. The molecule has 25 heavy (non-hydrogen) atoms. The number of nitrogens with zero attached hydrogens (tertiary/aromatic N) is 3. The maximum atomic E-state index is 12.1. The minimum atomic E-state index is -3.19. The largest absolute Gasteiger partial charge is 0.355 e. The van der Waals surface area contributed by atoms with Crippen LogP contribution in [0.25, 0.3) is 0 Å². The Morgan fingerprint density at radius 3 is 2.72 bits per heavy atom. The third-order valence-electron chi connectivity index (χ3n) is 4.13.